The Balaban J connectivity index is 2.59. The third-order valence-corrected chi connectivity index (χ3v) is 2.77. The molecule has 4 heteroatoms. The van der Waals surface area contributed by atoms with Gasteiger partial charge < -0.3 is 11.5 Å². The maximum Gasteiger partial charge on any atom is 0.234 e. The van der Waals surface area contributed by atoms with Gasteiger partial charge in [-0.1, -0.05) is 12.8 Å². The molecule has 4 N–H and O–H groups in total. The van der Waals surface area contributed by atoms with Crippen molar-refractivity contribution in [3.05, 3.63) is 0 Å². The van der Waals surface area contributed by atoms with E-state index < -0.39 is 11.9 Å². The van der Waals surface area contributed by atoms with Crippen LogP contribution in [0.4, 0.5) is 0 Å². The van der Waals surface area contributed by atoms with Gasteiger partial charge in [0.05, 0.1) is 17.5 Å². The number of hydrogen-bond donors (Lipinski definition) is 2. The van der Waals surface area contributed by atoms with Crippen LogP contribution in [-0.4, -0.2) is 11.9 Å². The molecule has 0 aromatic carbocycles. The molecule has 1 aliphatic carbocycles. The van der Waals surface area contributed by atoms with E-state index in [0.29, 0.717) is 6.42 Å². The van der Waals surface area contributed by atoms with Crippen LogP contribution in [0, 0.1) is 16.7 Å². The minimum absolute atomic E-state index is 0.381. The van der Waals surface area contributed by atoms with Crippen LogP contribution in [0.2, 0.25) is 0 Å². The molecule has 0 bridgehead atoms. The minimum Gasteiger partial charge on any atom is -0.368 e. The van der Waals surface area contributed by atoms with Crippen molar-refractivity contribution in [2.24, 2.45) is 16.9 Å². The first-order chi connectivity index (χ1) is 6.09. The van der Waals surface area contributed by atoms with Crippen molar-refractivity contribution in [2.45, 2.75) is 38.1 Å². The van der Waals surface area contributed by atoms with Crippen molar-refractivity contribution in [3.63, 3.8) is 0 Å². The molecule has 0 saturated heterocycles. The third kappa shape index (κ3) is 2.19. The maximum absolute atomic E-state index is 10.7. The average Bonchev–Trinajstić information content (AvgIpc) is 2.54. The van der Waals surface area contributed by atoms with Crippen LogP contribution in [0.1, 0.15) is 32.1 Å². The number of rotatable bonds is 3. The lowest BCUT2D eigenvalue weighted by Gasteiger charge is -2.22. The Hall–Kier alpha value is -1.08. The fourth-order valence-electron chi connectivity index (χ4n) is 1.93. The Kier molecular flexibility index (Phi) is 2.89. The lowest BCUT2D eigenvalue weighted by molar-refractivity contribution is -0.119. The predicted molar refractivity (Wildman–Crippen MR) is 48.3 cm³/mol. The van der Waals surface area contributed by atoms with Crippen LogP contribution >= 0.6 is 0 Å². The van der Waals surface area contributed by atoms with Crippen molar-refractivity contribution in [1.82, 2.24) is 0 Å². The van der Waals surface area contributed by atoms with Crippen LogP contribution in [-0.2, 0) is 4.79 Å². The van der Waals surface area contributed by atoms with Crippen molar-refractivity contribution in [1.29, 1.82) is 5.26 Å². The van der Waals surface area contributed by atoms with Gasteiger partial charge in [-0.15, -0.1) is 0 Å². The first-order valence-corrected chi connectivity index (χ1v) is 4.56. The number of nitriles is 1. The van der Waals surface area contributed by atoms with Gasteiger partial charge in [0.2, 0.25) is 5.91 Å². The first kappa shape index (κ1) is 10.0. The standard InChI is InChI=1S/C9H15N3O/c10-6-9(3-1-2-4-9)5-7(11)8(12)13/h7H,1-5,11H2,(H2,12,13). The highest BCUT2D eigenvalue weighted by atomic mass is 16.1. The van der Waals surface area contributed by atoms with E-state index in [1.165, 1.54) is 0 Å². The molecule has 72 valence electrons. The summed E-state index contributed by atoms with van der Waals surface area (Å²) in [6.45, 7) is 0. The molecule has 1 fully saturated rings. The van der Waals surface area contributed by atoms with Gasteiger partial charge in [0.25, 0.3) is 0 Å². The summed E-state index contributed by atoms with van der Waals surface area (Å²) in [5, 5.41) is 8.99. The molecule has 0 aromatic heterocycles. The maximum atomic E-state index is 10.7. The van der Waals surface area contributed by atoms with Gasteiger partial charge in [0.1, 0.15) is 0 Å². The number of nitrogens with zero attached hydrogens (tertiary/aromatic N) is 1. The third-order valence-electron chi connectivity index (χ3n) is 2.77. The lowest BCUT2D eigenvalue weighted by atomic mass is 9.81. The molecule has 0 aliphatic heterocycles. The number of carbonyl (C=O) groups is 1. The molecule has 1 saturated carbocycles. The number of nitrogens with two attached hydrogens (primary N) is 2. The molecular weight excluding hydrogens is 166 g/mol. The van der Waals surface area contributed by atoms with E-state index in [1.807, 2.05) is 0 Å². The summed E-state index contributed by atoms with van der Waals surface area (Å²) in [6.07, 6.45) is 4.23. The van der Waals surface area contributed by atoms with E-state index in [2.05, 4.69) is 6.07 Å². The Morgan fingerprint density at radius 3 is 2.46 bits per heavy atom. The molecule has 4 nitrogen and oxygen atoms in total. The fourth-order valence-corrected chi connectivity index (χ4v) is 1.93. The van der Waals surface area contributed by atoms with E-state index in [9.17, 15) is 4.79 Å². The Morgan fingerprint density at radius 2 is 2.08 bits per heavy atom. The molecule has 0 radical (unpaired) electrons. The SMILES string of the molecule is N#CC1(CC(N)C(N)=O)CCCC1. The van der Waals surface area contributed by atoms with Crippen molar-refractivity contribution >= 4 is 5.91 Å². The second kappa shape index (κ2) is 3.75. The van der Waals surface area contributed by atoms with E-state index in [-0.39, 0.29) is 5.41 Å². The van der Waals surface area contributed by atoms with Gasteiger partial charge >= 0.3 is 0 Å². The number of hydrogen-bond acceptors (Lipinski definition) is 3. The van der Waals surface area contributed by atoms with Gasteiger partial charge in [-0.3, -0.25) is 4.79 Å². The topological polar surface area (TPSA) is 92.9 Å². The molecule has 1 amide bonds. The van der Waals surface area contributed by atoms with Gasteiger partial charge in [-0.05, 0) is 19.3 Å². The Bertz CT molecular complexity index is 238. The zero-order chi connectivity index (χ0) is 9.90. The van der Waals surface area contributed by atoms with Crippen molar-refractivity contribution in [2.75, 3.05) is 0 Å². The molecule has 1 unspecified atom stereocenters. The molecule has 0 heterocycles. The normalized spacial score (nSPS) is 22.2. The van der Waals surface area contributed by atoms with Crippen LogP contribution in [0.15, 0.2) is 0 Å². The zero-order valence-corrected chi connectivity index (χ0v) is 7.62. The highest BCUT2D eigenvalue weighted by molar-refractivity contribution is 5.79. The van der Waals surface area contributed by atoms with Crippen LogP contribution in [0.5, 0.6) is 0 Å². The quantitative estimate of drug-likeness (QED) is 0.654. The van der Waals surface area contributed by atoms with Crippen LogP contribution < -0.4 is 11.5 Å². The highest BCUT2D eigenvalue weighted by Gasteiger charge is 2.36. The summed E-state index contributed by atoms with van der Waals surface area (Å²) in [5.41, 5.74) is 10.2. The Labute approximate surface area is 77.9 Å². The predicted octanol–water partition coefficient (Wildman–Crippen LogP) is 0.273. The van der Waals surface area contributed by atoms with Gasteiger partial charge in [0.15, 0.2) is 0 Å². The molecule has 0 spiro atoms. The van der Waals surface area contributed by atoms with E-state index in [4.69, 9.17) is 16.7 Å². The van der Waals surface area contributed by atoms with Crippen LogP contribution in [0.3, 0.4) is 0 Å². The van der Waals surface area contributed by atoms with E-state index >= 15 is 0 Å². The first-order valence-electron chi connectivity index (χ1n) is 4.56. The molecule has 13 heavy (non-hydrogen) atoms. The summed E-state index contributed by atoms with van der Waals surface area (Å²) in [6, 6.07) is 1.61. The zero-order valence-electron chi connectivity index (χ0n) is 7.62. The van der Waals surface area contributed by atoms with E-state index in [1.54, 1.807) is 0 Å². The van der Waals surface area contributed by atoms with E-state index in [0.717, 1.165) is 25.7 Å². The molecule has 1 rings (SSSR count). The highest BCUT2D eigenvalue weighted by Crippen LogP contribution is 2.40. The Morgan fingerprint density at radius 1 is 1.54 bits per heavy atom. The molecular formula is C9H15N3O. The van der Waals surface area contributed by atoms with Gasteiger partial charge in [-0.25, -0.2) is 0 Å². The lowest BCUT2D eigenvalue weighted by Crippen LogP contribution is -2.40. The summed E-state index contributed by atoms with van der Waals surface area (Å²) in [4.78, 5) is 10.7. The molecule has 0 aromatic rings. The number of amides is 1. The second-order valence-corrected chi connectivity index (χ2v) is 3.81. The largest absolute Gasteiger partial charge is 0.368 e. The smallest absolute Gasteiger partial charge is 0.234 e. The summed E-state index contributed by atoms with van der Waals surface area (Å²) in [5.74, 6) is -0.512. The summed E-state index contributed by atoms with van der Waals surface area (Å²) < 4.78 is 0. The molecule has 1 atom stereocenters. The summed E-state index contributed by atoms with van der Waals surface area (Å²) >= 11 is 0. The summed E-state index contributed by atoms with van der Waals surface area (Å²) in [7, 11) is 0. The van der Waals surface area contributed by atoms with Crippen molar-refractivity contribution < 1.29 is 4.79 Å². The van der Waals surface area contributed by atoms with Gasteiger partial charge in [-0.2, -0.15) is 5.26 Å². The van der Waals surface area contributed by atoms with Crippen molar-refractivity contribution in [3.8, 4) is 6.07 Å². The monoisotopic (exact) mass is 181 g/mol. The van der Waals surface area contributed by atoms with Gasteiger partial charge in [0, 0.05) is 0 Å². The molecule has 1 aliphatic rings. The number of carbonyl (C=O) groups excluding carboxylic acids is 1. The van der Waals surface area contributed by atoms with Crippen LogP contribution in [0.25, 0.3) is 0 Å². The second-order valence-electron chi connectivity index (χ2n) is 3.81. The minimum atomic E-state index is -0.669. The fraction of sp³-hybridized carbons (Fsp3) is 0.778. The number of primary amides is 1. The average molecular weight is 181 g/mol.